The zero-order valence-electron chi connectivity index (χ0n) is 10.2. The van der Waals surface area contributed by atoms with Gasteiger partial charge < -0.3 is 4.42 Å². The van der Waals surface area contributed by atoms with Gasteiger partial charge in [-0.25, -0.2) is 0 Å². The van der Waals surface area contributed by atoms with Crippen molar-refractivity contribution in [3.63, 3.8) is 0 Å². The van der Waals surface area contributed by atoms with Crippen molar-refractivity contribution in [2.24, 2.45) is 5.92 Å². The van der Waals surface area contributed by atoms with Gasteiger partial charge in [0.15, 0.2) is 0 Å². The predicted octanol–water partition coefficient (Wildman–Crippen LogP) is 3.59. The van der Waals surface area contributed by atoms with E-state index in [1.165, 1.54) is 0 Å². The van der Waals surface area contributed by atoms with Gasteiger partial charge in [-0.1, -0.05) is 6.92 Å². The second-order valence-corrected chi connectivity index (χ2v) is 5.56. The number of halogens is 3. The van der Waals surface area contributed by atoms with Gasteiger partial charge in [0.1, 0.15) is 17.1 Å². The zero-order chi connectivity index (χ0) is 13.0. The molecule has 18 heavy (non-hydrogen) atoms. The molecule has 1 aromatic heterocycles. The van der Waals surface area contributed by atoms with Crippen LogP contribution in [0.5, 0.6) is 0 Å². The average Bonchev–Trinajstić information content (AvgIpc) is 3.17. The van der Waals surface area contributed by atoms with Crippen molar-refractivity contribution < 1.29 is 17.6 Å². The Morgan fingerprint density at radius 1 is 1.39 bits per heavy atom. The lowest BCUT2D eigenvalue weighted by atomic mass is 10.2. The molecule has 2 aliphatic carbocycles. The van der Waals surface area contributed by atoms with E-state index < -0.39 is 11.7 Å². The molecule has 0 bridgehead atoms. The summed E-state index contributed by atoms with van der Waals surface area (Å²) in [6.45, 7) is 2.30. The molecule has 2 fully saturated rings. The van der Waals surface area contributed by atoms with Gasteiger partial charge in [-0.15, -0.1) is 0 Å². The molecule has 1 N–H and O–H groups in total. The fourth-order valence-electron chi connectivity index (χ4n) is 2.35. The molecule has 0 spiro atoms. The molecule has 1 aromatic rings. The van der Waals surface area contributed by atoms with Crippen LogP contribution >= 0.6 is 0 Å². The van der Waals surface area contributed by atoms with Gasteiger partial charge in [0.2, 0.25) is 0 Å². The minimum Gasteiger partial charge on any atom is -0.464 e. The van der Waals surface area contributed by atoms with Gasteiger partial charge in [0.25, 0.3) is 0 Å². The second kappa shape index (κ2) is 3.76. The van der Waals surface area contributed by atoms with Gasteiger partial charge >= 0.3 is 6.18 Å². The van der Waals surface area contributed by atoms with E-state index in [1.807, 2.05) is 6.07 Å². The molecular weight excluding hydrogens is 243 g/mol. The lowest BCUT2D eigenvalue weighted by Crippen LogP contribution is -2.44. The average molecular weight is 259 g/mol. The van der Waals surface area contributed by atoms with Gasteiger partial charge in [-0.2, -0.15) is 13.2 Å². The maximum Gasteiger partial charge on any atom is 0.406 e. The predicted molar refractivity (Wildman–Crippen MR) is 60.1 cm³/mol. The Hall–Kier alpha value is -0.970. The lowest BCUT2D eigenvalue weighted by Gasteiger charge is -2.19. The molecular formula is C13H16F3NO. The molecule has 0 saturated heterocycles. The fourth-order valence-corrected chi connectivity index (χ4v) is 2.35. The quantitative estimate of drug-likeness (QED) is 0.894. The molecule has 0 amide bonds. The maximum absolute atomic E-state index is 12.7. The SMILES string of the molecule is CC1CC1c1ccc(CNC2(C(F)(F)F)CC2)o1. The summed E-state index contributed by atoms with van der Waals surface area (Å²) < 4.78 is 43.7. The van der Waals surface area contributed by atoms with E-state index in [0.29, 0.717) is 17.6 Å². The Labute approximate surface area is 104 Å². The van der Waals surface area contributed by atoms with Crippen LogP contribution in [0.4, 0.5) is 13.2 Å². The van der Waals surface area contributed by atoms with Crippen molar-refractivity contribution in [1.29, 1.82) is 0 Å². The Bertz CT molecular complexity index is 447. The third-order valence-corrected chi connectivity index (χ3v) is 4.05. The van der Waals surface area contributed by atoms with Crippen LogP contribution in [-0.4, -0.2) is 11.7 Å². The molecule has 0 radical (unpaired) electrons. The molecule has 100 valence electrons. The van der Waals surface area contributed by atoms with Crippen LogP contribution in [0.2, 0.25) is 0 Å². The molecule has 0 aliphatic heterocycles. The van der Waals surface area contributed by atoms with Crippen LogP contribution in [0.3, 0.4) is 0 Å². The van der Waals surface area contributed by atoms with Gasteiger partial charge in [-0.05, 0) is 37.3 Å². The highest BCUT2D eigenvalue weighted by Crippen LogP contribution is 2.49. The topological polar surface area (TPSA) is 25.2 Å². The first kappa shape index (κ1) is 12.1. The maximum atomic E-state index is 12.7. The summed E-state index contributed by atoms with van der Waals surface area (Å²) in [7, 11) is 0. The van der Waals surface area contributed by atoms with E-state index in [-0.39, 0.29) is 19.4 Å². The van der Waals surface area contributed by atoms with E-state index in [9.17, 15) is 13.2 Å². The molecule has 2 nitrogen and oxygen atoms in total. The highest BCUT2D eigenvalue weighted by atomic mass is 19.4. The Morgan fingerprint density at radius 3 is 2.56 bits per heavy atom. The van der Waals surface area contributed by atoms with Crippen LogP contribution in [0.15, 0.2) is 16.5 Å². The molecule has 2 atom stereocenters. The molecule has 2 unspecified atom stereocenters. The summed E-state index contributed by atoms with van der Waals surface area (Å²) in [6.07, 6.45) is -2.70. The highest BCUT2D eigenvalue weighted by molar-refractivity contribution is 5.18. The van der Waals surface area contributed by atoms with E-state index in [0.717, 1.165) is 12.2 Å². The zero-order valence-corrected chi connectivity index (χ0v) is 10.2. The number of alkyl halides is 3. The lowest BCUT2D eigenvalue weighted by molar-refractivity contribution is -0.166. The first-order chi connectivity index (χ1) is 8.41. The van der Waals surface area contributed by atoms with Gasteiger partial charge in [0.05, 0.1) is 6.54 Å². The standard InChI is InChI=1S/C13H16F3NO/c1-8-6-10(8)11-3-2-9(18-11)7-17-12(4-5-12)13(14,15)16/h2-3,8,10,17H,4-7H2,1H3. The minimum atomic E-state index is -4.16. The number of hydrogen-bond acceptors (Lipinski definition) is 2. The van der Waals surface area contributed by atoms with E-state index in [2.05, 4.69) is 12.2 Å². The second-order valence-electron chi connectivity index (χ2n) is 5.56. The molecule has 2 saturated carbocycles. The summed E-state index contributed by atoms with van der Waals surface area (Å²) in [4.78, 5) is 0. The van der Waals surface area contributed by atoms with Crippen LogP contribution in [0.25, 0.3) is 0 Å². The van der Waals surface area contributed by atoms with Crippen LogP contribution in [-0.2, 0) is 6.54 Å². The monoisotopic (exact) mass is 259 g/mol. The van der Waals surface area contributed by atoms with Crippen molar-refractivity contribution in [1.82, 2.24) is 5.32 Å². The van der Waals surface area contributed by atoms with Crippen LogP contribution in [0, 0.1) is 5.92 Å². The normalized spacial score (nSPS) is 29.3. The smallest absolute Gasteiger partial charge is 0.406 e. The first-order valence-corrected chi connectivity index (χ1v) is 6.32. The number of nitrogens with one attached hydrogen (secondary N) is 1. The number of furan rings is 1. The summed E-state index contributed by atoms with van der Waals surface area (Å²) in [5.41, 5.74) is -1.66. The highest BCUT2D eigenvalue weighted by Gasteiger charge is 2.63. The largest absolute Gasteiger partial charge is 0.464 e. The molecule has 0 aromatic carbocycles. The van der Waals surface area contributed by atoms with Crippen LogP contribution in [0.1, 0.15) is 43.6 Å². The number of hydrogen-bond donors (Lipinski definition) is 1. The summed E-state index contributed by atoms with van der Waals surface area (Å²) in [6, 6.07) is 3.66. The van der Waals surface area contributed by atoms with Crippen LogP contribution < -0.4 is 5.32 Å². The van der Waals surface area contributed by atoms with E-state index in [4.69, 9.17) is 4.42 Å². The first-order valence-electron chi connectivity index (χ1n) is 6.32. The molecule has 3 rings (SSSR count). The Balaban J connectivity index is 1.59. The summed E-state index contributed by atoms with van der Waals surface area (Å²) in [5, 5.41) is 2.59. The van der Waals surface area contributed by atoms with Crippen molar-refractivity contribution in [3.8, 4) is 0 Å². The van der Waals surface area contributed by atoms with Crippen molar-refractivity contribution >= 4 is 0 Å². The Morgan fingerprint density at radius 2 is 2.06 bits per heavy atom. The summed E-state index contributed by atoms with van der Waals surface area (Å²) >= 11 is 0. The fraction of sp³-hybridized carbons (Fsp3) is 0.692. The van der Waals surface area contributed by atoms with Crippen molar-refractivity contribution in [2.75, 3.05) is 0 Å². The van der Waals surface area contributed by atoms with Gasteiger partial charge in [-0.3, -0.25) is 5.32 Å². The third kappa shape index (κ3) is 2.05. The van der Waals surface area contributed by atoms with Gasteiger partial charge in [0, 0.05) is 5.92 Å². The van der Waals surface area contributed by atoms with Crippen molar-refractivity contribution in [3.05, 3.63) is 23.7 Å². The number of rotatable bonds is 4. The minimum absolute atomic E-state index is 0.153. The van der Waals surface area contributed by atoms with E-state index in [1.54, 1.807) is 6.07 Å². The van der Waals surface area contributed by atoms with Crippen molar-refractivity contribution in [2.45, 2.75) is 50.4 Å². The summed E-state index contributed by atoms with van der Waals surface area (Å²) in [5.74, 6) is 2.62. The third-order valence-electron chi connectivity index (χ3n) is 4.05. The Kier molecular flexibility index (Phi) is 2.52. The molecule has 2 aliphatic rings. The molecule has 5 heteroatoms. The molecule has 1 heterocycles. The van der Waals surface area contributed by atoms with E-state index >= 15 is 0 Å².